The molecule has 0 spiro atoms. The van der Waals surface area contributed by atoms with Crippen molar-refractivity contribution >= 4 is 11.6 Å². The Hall–Kier alpha value is -1.58. The van der Waals surface area contributed by atoms with Crippen molar-refractivity contribution in [3.05, 3.63) is 58.4 Å². The number of hydrogen-bond acceptors (Lipinski definition) is 2. The van der Waals surface area contributed by atoms with Crippen LogP contribution in [0.2, 0.25) is 5.02 Å². The van der Waals surface area contributed by atoms with E-state index in [4.69, 9.17) is 16.3 Å². The maximum atomic E-state index is 13.9. The fourth-order valence-electron chi connectivity index (χ4n) is 1.66. The van der Waals surface area contributed by atoms with E-state index in [1.165, 1.54) is 12.1 Å². The molecular weight excluding hydrogens is 267 g/mol. The normalized spacial score (nSPS) is 12.3. The third kappa shape index (κ3) is 3.25. The van der Waals surface area contributed by atoms with Gasteiger partial charge in [-0.1, -0.05) is 23.7 Å². The second-order valence-corrected chi connectivity index (χ2v) is 4.81. The first-order chi connectivity index (χ1) is 8.97. The molecule has 0 radical (unpaired) electrons. The van der Waals surface area contributed by atoms with E-state index in [-0.39, 0.29) is 5.75 Å². The molecule has 1 N–H and O–H groups in total. The maximum Gasteiger partial charge on any atom is 0.166 e. The SMILES string of the molecule is Cc1ccc(Cl)cc1Oc1ccc([C@H](C)O)cc1F. The van der Waals surface area contributed by atoms with Crippen molar-refractivity contribution in [1.29, 1.82) is 0 Å². The van der Waals surface area contributed by atoms with Gasteiger partial charge in [0.2, 0.25) is 0 Å². The molecule has 2 aromatic rings. The van der Waals surface area contributed by atoms with Crippen LogP contribution in [0.15, 0.2) is 36.4 Å². The fraction of sp³-hybridized carbons (Fsp3) is 0.200. The minimum absolute atomic E-state index is 0.106. The van der Waals surface area contributed by atoms with Crippen molar-refractivity contribution in [3.63, 3.8) is 0 Å². The number of aliphatic hydroxyl groups is 1. The zero-order valence-electron chi connectivity index (χ0n) is 10.7. The van der Waals surface area contributed by atoms with Gasteiger partial charge in [-0.05, 0) is 49.2 Å². The highest BCUT2D eigenvalue weighted by molar-refractivity contribution is 6.30. The van der Waals surface area contributed by atoms with Gasteiger partial charge in [0.05, 0.1) is 6.10 Å². The standard InChI is InChI=1S/C15H14ClFO2/c1-9-3-5-12(16)8-15(9)19-14-6-4-11(10(2)18)7-13(14)17/h3-8,10,18H,1-2H3/t10-/m0/s1. The molecule has 2 nitrogen and oxygen atoms in total. The molecule has 0 fully saturated rings. The highest BCUT2D eigenvalue weighted by Crippen LogP contribution is 2.30. The largest absolute Gasteiger partial charge is 0.454 e. The van der Waals surface area contributed by atoms with Crippen LogP contribution < -0.4 is 4.74 Å². The van der Waals surface area contributed by atoms with Crippen LogP contribution in [0.4, 0.5) is 4.39 Å². The molecule has 0 bridgehead atoms. The van der Waals surface area contributed by atoms with Crippen LogP contribution >= 0.6 is 11.6 Å². The molecule has 0 saturated carbocycles. The Kier molecular flexibility index (Phi) is 4.08. The van der Waals surface area contributed by atoms with Gasteiger partial charge in [-0.15, -0.1) is 0 Å². The van der Waals surface area contributed by atoms with Crippen molar-refractivity contribution in [1.82, 2.24) is 0 Å². The maximum absolute atomic E-state index is 13.9. The number of hydrogen-bond donors (Lipinski definition) is 1. The molecule has 19 heavy (non-hydrogen) atoms. The minimum atomic E-state index is -0.712. The van der Waals surface area contributed by atoms with Crippen LogP contribution in [0, 0.1) is 12.7 Å². The first-order valence-corrected chi connectivity index (χ1v) is 6.26. The average Bonchev–Trinajstić information content (AvgIpc) is 2.36. The van der Waals surface area contributed by atoms with Gasteiger partial charge in [-0.2, -0.15) is 0 Å². The van der Waals surface area contributed by atoms with Crippen molar-refractivity contribution in [3.8, 4) is 11.5 Å². The zero-order valence-corrected chi connectivity index (χ0v) is 11.4. The number of rotatable bonds is 3. The molecule has 0 amide bonds. The fourth-order valence-corrected chi connectivity index (χ4v) is 1.82. The molecule has 0 aliphatic rings. The van der Waals surface area contributed by atoms with E-state index in [0.717, 1.165) is 5.56 Å². The topological polar surface area (TPSA) is 29.5 Å². The summed E-state index contributed by atoms with van der Waals surface area (Å²) >= 11 is 5.88. The van der Waals surface area contributed by atoms with Crippen LogP contribution in [-0.4, -0.2) is 5.11 Å². The Labute approximate surface area is 116 Å². The average molecular weight is 281 g/mol. The lowest BCUT2D eigenvalue weighted by Crippen LogP contribution is -1.95. The lowest BCUT2D eigenvalue weighted by atomic mass is 10.1. The molecule has 2 rings (SSSR count). The van der Waals surface area contributed by atoms with Crippen molar-refractivity contribution in [2.45, 2.75) is 20.0 Å². The van der Waals surface area contributed by atoms with E-state index < -0.39 is 11.9 Å². The molecule has 0 aliphatic carbocycles. The van der Waals surface area contributed by atoms with Gasteiger partial charge >= 0.3 is 0 Å². The summed E-state index contributed by atoms with van der Waals surface area (Å²) in [5, 5.41) is 9.91. The van der Waals surface area contributed by atoms with Gasteiger partial charge < -0.3 is 9.84 Å². The molecule has 2 aromatic carbocycles. The van der Waals surface area contributed by atoms with Crippen LogP contribution in [0.5, 0.6) is 11.5 Å². The van der Waals surface area contributed by atoms with Gasteiger partial charge in [-0.25, -0.2) is 4.39 Å². The molecule has 0 unspecified atom stereocenters. The van der Waals surface area contributed by atoms with Gasteiger partial charge in [0, 0.05) is 5.02 Å². The van der Waals surface area contributed by atoms with E-state index in [0.29, 0.717) is 16.3 Å². The highest BCUT2D eigenvalue weighted by Gasteiger charge is 2.10. The van der Waals surface area contributed by atoms with Crippen LogP contribution in [0.3, 0.4) is 0 Å². The molecule has 0 aliphatic heterocycles. The Morgan fingerprint density at radius 2 is 1.89 bits per heavy atom. The first kappa shape index (κ1) is 13.8. The van der Waals surface area contributed by atoms with Gasteiger partial charge in [-0.3, -0.25) is 0 Å². The number of halogens is 2. The Balaban J connectivity index is 2.31. The third-order valence-corrected chi connectivity index (χ3v) is 3.04. The zero-order chi connectivity index (χ0) is 14.0. The summed E-state index contributed by atoms with van der Waals surface area (Å²) in [7, 11) is 0. The molecule has 4 heteroatoms. The van der Waals surface area contributed by atoms with Crippen LogP contribution in [-0.2, 0) is 0 Å². The van der Waals surface area contributed by atoms with E-state index >= 15 is 0 Å². The summed E-state index contributed by atoms with van der Waals surface area (Å²) in [4.78, 5) is 0. The predicted octanol–water partition coefficient (Wildman–Crippen LogP) is 4.63. The predicted molar refractivity (Wildman–Crippen MR) is 73.3 cm³/mol. The second-order valence-electron chi connectivity index (χ2n) is 4.38. The smallest absolute Gasteiger partial charge is 0.166 e. The van der Waals surface area contributed by atoms with Crippen molar-refractivity contribution in [2.24, 2.45) is 0 Å². The molecule has 1 atom stereocenters. The molecule has 0 saturated heterocycles. The minimum Gasteiger partial charge on any atom is -0.454 e. The van der Waals surface area contributed by atoms with Crippen molar-refractivity contribution in [2.75, 3.05) is 0 Å². The summed E-state index contributed by atoms with van der Waals surface area (Å²) in [6.07, 6.45) is -0.712. The number of aliphatic hydroxyl groups excluding tert-OH is 1. The van der Waals surface area contributed by atoms with Gasteiger partial charge in [0.1, 0.15) is 5.75 Å². The quantitative estimate of drug-likeness (QED) is 0.888. The third-order valence-electron chi connectivity index (χ3n) is 2.81. The van der Waals surface area contributed by atoms with Gasteiger partial charge in [0.25, 0.3) is 0 Å². The van der Waals surface area contributed by atoms with E-state index in [1.54, 1.807) is 31.2 Å². The van der Waals surface area contributed by atoms with Crippen LogP contribution in [0.25, 0.3) is 0 Å². The summed E-state index contributed by atoms with van der Waals surface area (Å²) in [6.45, 7) is 3.43. The lowest BCUT2D eigenvalue weighted by Gasteiger charge is -2.11. The highest BCUT2D eigenvalue weighted by atomic mass is 35.5. The Morgan fingerprint density at radius 1 is 1.16 bits per heavy atom. The van der Waals surface area contributed by atoms with Crippen molar-refractivity contribution < 1.29 is 14.2 Å². The lowest BCUT2D eigenvalue weighted by molar-refractivity contribution is 0.198. The van der Waals surface area contributed by atoms with E-state index in [1.807, 2.05) is 6.92 Å². The van der Waals surface area contributed by atoms with E-state index in [2.05, 4.69) is 0 Å². The molecular formula is C15H14ClFO2. The van der Waals surface area contributed by atoms with Crippen LogP contribution in [0.1, 0.15) is 24.2 Å². The van der Waals surface area contributed by atoms with Gasteiger partial charge in [0.15, 0.2) is 11.6 Å². The number of aryl methyl sites for hydroxylation is 1. The summed E-state index contributed by atoms with van der Waals surface area (Å²) in [5.74, 6) is 0.101. The second kappa shape index (κ2) is 5.59. The molecule has 100 valence electrons. The molecule has 0 heterocycles. The summed E-state index contributed by atoms with van der Waals surface area (Å²) < 4.78 is 19.4. The monoisotopic (exact) mass is 280 g/mol. The van der Waals surface area contributed by atoms with E-state index in [9.17, 15) is 9.50 Å². The summed E-state index contributed by atoms with van der Waals surface area (Å²) in [5.41, 5.74) is 1.37. The first-order valence-electron chi connectivity index (χ1n) is 5.89. The number of ether oxygens (including phenoxy) is 1. The summed E-state index contributed by atoms with van der Waals surface area (Å²) in [6, 6.07) is 9.58. The Bertz CT molecular complexity index is 597. The molecule has 0 aromatic heterocycles. The Morgan fingerprint density at radius 3 is 2.53 bits per heavy atom. The number of benzene rings is 2.